The summed E-state index contributed by atoms with van der Waals surface area (Å²) in [5, 5.41) is 0. The van der Waals surface area contributed by atoms with Crippen molar-refractivity contribution in [2.45, 2.75) is 34.1 Å². The molecular formula is C12H20. The third-order valence-corrected chi connectivity index (χ3v) is 1.68. The van der Waals surface area contributed by atoms with Crippen LogP contribution in [0.25, 0.3) is 0 Å². The van der Waals surface area contributed by atoms with Crippen molar-refractivity contribution < 1.29 is 0 Å². The zero-order valence-corrected chi connectivity index (χ0v) is 8.72. The first-order valence-electron chi connectivity index (χ1n) is 4.52. The van der Waals surface area contributed by atoms with Crippen LogP contribution >= 0.6 is 0 Å². The predicted octanol–water partition coefficient (Wildman–Crippen LogP) is 4.11. The summed E-state index contributed by atoms with van der Waals surface area (Å²) in [5.74, 6) is 0.749. The fourth-order valence-corrected chi connectivity index (χ4v) is 1.05. The number of hydrogen-bond acceptors (Lipinski definition) is 0. The van der Waals surface area contributed by atoms with Gasteiger partial charge in [-0.1, -0.05) is 49.8 Å². The molecule has 0 heterocycles. The van der Waals surface area contributed by atoms with Crippen LogP contribution in [0.2, 0.25) is 0 Å². The molecule has 0 aromatic heterocycles. The first kappa shape index (κ1) is 11.2. The lowest BCUT2D eigenvalue weighted by molar-refractivity contribution is 0.642. The highest BCUT2D eigenvalue weighted by atomic mass is 14.0. The van der Waals surface area contributed by atoms with Gasteiger partial charge in [0.1, 0.15) is 0 Å². The summed E-state index contributed by atoms with van der Waals surface area (Å²) in [6.07, 6.45) is 7.35. The average molecular weight is 164 g/mol. The lowest BCUT2D eigenvalue weighted by Gasteiger charge is -2.02. The average Bonchev–Trinajstić information content (AvgIpc) is 1.99. The maximum atomic E-state index is 3.70. The fraction of sp³-hybridized carbons (Fsp3) is 0.500. The van der Waals surface area contributed by atoms with Crippen LogP contribution in [0.1, 0.15) is 34.1 Å². The summed E-state index contributed by atoms with van der Waals surface area (Å²) in [5.41, 5.74) is 2.66. The fourth-order valence-electron chi connectivity index (χ4n) is 1.05. The third-order valence-electron chi connectivity index (χ3n) is 1.68. The second-order valence-corrected chi connectivity index (χ2v) is 3.73. The summed E-state index contributed by atoms with van der Waals surface area (Å²) >= 11 is 0. The van der Waals surface area contributed by atoms with Crippen molar-refractivity contribution >= 4 is 0 Å². The van der Waals surface area contributed by atoms with Crippen molar-refractivity contribution in [2.75, 3.05) is 0 Å². The van der Waals surface area contributed by atoms with Crippen molar-refractivity contribution in [3.05, 3.63) is 36.0 Å². The van der Waals surface area contributed by atoms with Crippen LogP contribution < -0.4 is 0 Å². The van der Waals surface area contributed by atoms with Crippen LogP contribution in [0.15, 0.2) is 36.0 Å². The zero-order chi connectivity index (χ0) is 9.56. The van der Waals surface area contributed by atoms with Crippen molar-refractivity contribution in [1.82, 2.24) is 0 Å². The van der Waals surface area contributed by atoms with Gasteiger partial charge in [0.15, 0.2) is 0 Å². The van der Waals surface area contributed by atoms with Gasteiger partial charge in [0.25, 0.3) is 0 Å². The van der Waals surface area contributed by atoms with E-state index in [-0.39, 0.29) is 0 Å². The van der Waals surface area contributed by atoms with E-state index in [4.69, 9.17) is 0 Å². The molecule has 0 aromatic carbocycles. The van der Waals surface area contributed by atoms with Gasteiger partial charge in [0, 0.05) is 0 Å². The Hall–Kier alpha value is -0.780. The van der Waals surface area contributed by atoms with E-state index in [0.29, 0.717) is 0 Å². The van der Waals surface area contributed by atoms with Gasteiger partial charge in [0.2, 0.25) is 0 Å². The Morgan fingerprint density at radius 2 is 1.83 bits per heavy atom. The molecule has 0 radical (unpaired) electrons. The molecule has 0 aromatic rings. The molecule has 0 saturated heterocycles. The molecule has 0 rings (SSSR count). The lowest BCUT2D eigenvalue weighted by Crippen LogP contribution is -1.87. The summed E-state index contributed by atoms with van der Waals surface area (Å²) in [7, 11) is 0. The molecule has 68 valence electrons. The maximum absolute atomic E-state index is 3.70. The molecule has 0 unspecified atom stereocenters. The van der Waals surface area contributed by atoms with Gasteiger partial charge in [-0.05, 0) is 26.2 Å². The Balaban J connectivity index is 4.08. The summed E-state index contributed by atoms with van der Waals surface area (Å²) in [6.45, 7) is 12.4. The van der Waals surface area contributed by atoms with Gasteiger partial charge in [-0.15, -0.1) is 0 Å². The van der Waals surface area contributed by atoms with Crippen LogP contribution in [0.5, 0.6) is 0 Å². The predicted molar refractivity (Wildman–Crippen MR) is 57.2 cm³/mol. The van der Waals surface area contributed by atoms with Crippen LogP contribution in [0.3, 0.4) is 0 Å². The number of rotatable bonds is 4. The third kappa shape index (κ3) is 5.96. The molecule has 0 nitrogen and oxygen atoms in total. The number of allylic oxidation sites excluding steroid dienone is 5. The SMILES string of the molecule is C=C/C(C)=C\C=C(/C)CC(C)C. The van der Waals surface area contributed by atoms with Crippen LogP contribution in [-0.2, 0) is 0 Å². The number of hydrogen-bond donors (Lipinski definition) is 0. The van der Waals surface area contributed by atoms with Gasteiger partial charge >= 0.3 is 0 Å². The first-order chi connectivity index (χ1) is 5.56. The molecule has 0 saturated carbocycles. The standard InChI is InChI=1S/C12H20/c1-6-11(4)7-8-12(5)9-10(2)3/h6-8,10H,1,9H2,2-5H3/b11-7-,12-8+. The largest absolute Gasteiger partial charge is 0.0988 e. The molecule has 0 fully saturated rings. The molecule has 0 bridgehead atoms. The molecule has 0 aliphatic carbocycles. The molecule has 0 heteroatoms. The molecular weight excluding hydrogens is 144 g/mol. The van der Waals surface area contributed by atoms with Crippen LogP contribution in [-0.4, -0.2) is 0 Å². The highest BCUT2D eigenvalue weighted by Gasteiger charge is 1.93. The van der Waals surface area contributed by atoms with E-state index in [2.05, 4.69) is 46.4 Å². The summed E-state index contributed by atoms with van der Waals surface area (Å²) < 4.78 is 0. The van der Waals surface area contributed by atoms with Crippen LogP contribution in [0.4, 0.5) is 0 Å². The van der Waals surface area contributed by atoms with E-state index < -0.39 is 0 Å². The molecule has 0 atom stereocenters. The Morgan fingerprint density at radius 3 is 2.25 bits per heavy atom. The molecule has 0 aliphatic rings. The summed E-state index contributed by atoms with van der Waals surface area (Å²) in [6, 6.07) is 0. The minimum atomic E-state index is 0.749. The van der Waals surface area contributed by atoms with Gasteiger partial charge in [0.05, 0.1) is 0 Å². The topological polar surface area (TPSA) is 0 Å². The van der Waals surface area contributed by atoms with E-state index in [0.717, 1.165) is 5.92 Å². The van der Waals surface area contributed by atoms with E-state index >= 15 is 0 Å². The molecule has 0 spiro atoms. The zero-order valence-electron chi connectivity index (χ0n) is 8.72. The van der Waals surface area contributed by atoms with Gasteiger partial charge in [-0.2, -0.15) is 0 Å². The quantitative estimate of drug-likeness (QED) is 0.548. The van der Waals surface area contributed by atoms with Crippen molar-refractivity contribution in [1.29, 1.82) is 0 Å². The Labute approximate surface area is 76.7 Å². The monoisotopic (exact) mass is 164 g/mol. The van der Waals surface area contributed by atoms with Crippen LogP contribution in [0, 0.1) is 5.92 Å². The second kappa shape index (κ2) is 5.82. The highest BCUT2D eigenvalue weighted by Crippen LogP contribution is 2.10. The van der Waals surface area contributed by atoms with E-state index in [9.17, 15) is 0 Å². The molecule has 12 heavy (non-hydrogen) atoms. The Morgan fingerprint density at radius 1 is 1.25 bits per heavy atom. The molecule has 0 N–H and O–H groups in total. The smallest absolute Gasteiger partial charge is 0.0297 e. The molecule has 0 amide bonds. The van der Waals surface area contributed by atoms with E-state index in [1.54, 1.807) is 0 Å². The normalized spacial score (nSPS) is 13.8. The second-order valence-electron chi connectivity index (χ2n) is 3.73. The van der Waals surface area contributed by atoms with Gasteiger partial charge in [-0.25, -0.2) is 0 Å². The van der Waals surface area contributed by atoms with Crippen molar-refractivity contribution in [2.24, 2.45) is 5.92 Å². The highest BCUT2D eigenvalue weighted by molar-refractivity contribution is 5.22. The van der Waals surface area contributed by atoms with E-state index in [1.807, 2.05) is 6.08 Å². The maximum Gasteiger partial charge on any atom is -0.0297 e. The van der Waals surface area contributed by atoms with E-state index in [1.165, 1.54) is 17.6 Å². The summed E-state index contributed by atoms with van der Waals surface area (Å²) in [4.78, 5) is 0. The Bertz CT molecular complexity index is 192. The minimum absolute atomic E-state index is 0.749. The molecule has 0 aliphatic heterocycles. The van der Waals surface area contributed by atoms with Crippen molar-refractivity contribution in [3.8, 4) is 0 Å². The first-order valence-corrected chi connectivity index (χ1v) is 4.52. The lowest BCUT2D eigenvalue weighted by atomic mass is 10.0. The van der Waals surface area contributed by atoms with Crippen molar-refractivity contribution in [3.63, 3.8) is 0 Å². The Kier molecular flexibility index (Phi) is 5.44. The minimum Gasteiger partial charge on any atom is -0.0988 e. The van der Waals surface area contributed by atoms with Gasteiger partial charge < -0.3 is 0 Å². The van der Waals surface area contributed by atoms with Gasteiger partial charge in [-0.3, -0.25) is 0 Å².